The minimum Gasteiger partial charge on any atom is -0.490 e. The number of nitro groups is 1. The first-order valence-electron chi connectivity index (χ1n) is 6.25. The fourth-order valence-electron chi connectivity index (χ4n) is 1.59. The zero-order valence-corrected chi connectivity index (χ0v) is 11.8. The lowest BCUT2D eigenvalue weighted by Gasteiger charge is -2.06. The molecule has 0 aliphatic carbocycles. The molecule has 0 saturated carbocycles. The molecular weight excluding hydrogens is 280 g/mol. The van der Waals surface area contributed by atoms with Crippen molar-refractivity contribution in [3.63, 3.8) is 0 Å². The van der Waals surface area contributed by atoms with Gasteiger partial charge >= 0.3 is 11.7 Å². The number of carbonyl (C=O) groups excluding carboxylic acids is 2. The Morgan fingerprint density at radius 1 is 1.38 bits per heavy atom. The molecular formula is C13H16N2O6. The summed E-state index contributed by atoms with van der Waals surface area (Å²) in [6.45, 7) is 2.06. The Morgan fingerprint density at radius 3 is 2.67 bits per heavy atom. The minimum absolute atomic E-state index is 0.0395. The molecule has 0 bridgehead atoms. The number of ether oxygens (including phenoxy) is 2. The molecule has 114 valence electrons. The van der Waals surface area contributed by atoms with Crippen LogP contribution in [0.5, 0.6) is 5.75 Å². The average Bonchev–Trinajstić information content (AvgIpc) is 2.46. The van der Waals surface area contributed by atoms with E-state index in [1.54, 1.807) is 6.92 Å². The molecule has 0 spiro atoms. The number of hydrogen-bond acceptors (Lipinski definition) is 6. The van der Waals surface area contributed by atoms with Gasteiger partial charge in [0.1, 0.15) is 0 Å². The molecule has 0 aliphatic heterocycles. The van der Waals surface area contributed by atoms with Crippen LogP contribution in [0, 0.1) is 10.1 Å². The van der Waals surface area contributed by atoms with Crippen LogP contribution in [0.25, 0.3) is 0 Å². The summed E-state index contributed by atoms with van der Waals surface area (Å²) in [7, 11) is 1.31. The van der Waals surface area contributed by atoms with Crippen molar-refractivity contribution in [2.45, 2.75) is 13.3 Å². The van der Waals surface area contributed by atoms with Crippen LogP contribution in [0.15, 0.2) is 18.2 Å². The number of esters is 1. The maximum Gasteiger partial charge on any atom is 0.311 e. The van der Waals surface area contributed by atoms with Gasteiger partial charge in [0.25, 0.3) is 5.91 Å². The van der Waals surface area contributed by atoms with Crippen molar-refractivity contribution in [2.75, 3.05) is 20.3 Å². The molecule has 0 atom stereocenters. The summed E-state index contributed by atoms with van der Waals surface area (Å²) < 4.78 is 9.56. The van der Waals surface area contributed by atoms with Crippen LogP contribution in [-0.2, 0) is 9.53 Å². The van der Waals surface area contributed by atoms with Gasteiger partial charge in [0.05, 0.1) is 25.1 Å². The topological polar surface area (TPSA) is 108 Å². The van der Waals surface area contributed by atoms with Gasteiger partial charge in [0.2, 0.25) is 0 Å². The lowest BCUT2D eigenvalue weighted by molar-refractivity contribution is -0.385. The summed E-state index contributed by atoms with van der Waals surface area (Å²) in [5.74, 6) is -0.855. The Morgan fingerprint density at radius 2 is 2.10 bits per heavy atom. The highest BCUT2D eigenvalue weighted by Crippen LogP contribution is 2.27. The average molecular weight is 296 g/mol. The Labute approximate surface area is 121 Å². The van der Waals surface area contributed by atoms with Crippen molar-refractivity contribution in [3.8, 4) is 5.75 Å². The third-order valence-corrected chi connectivity index (χ3v) is 2.56. The lowest BCUT2D eigenvalue weighted by atomic mass is 10.1. The van der Waals surface area contributed by atoms with E-state index in [1.807, 2.05) is 0 Å². The van der Waals surface area contributed by atoms with E-state index in [9.17, 15) is 19.7 Å². The molecule has 1 aromatic carbocycles. The van der Waals surface area contributed by atoms with Crippen molar-refractivity contribution >= 4 is 17.6 Å². The van der Waals surface area contributed by atoms with Crippen molar-refractivity contribution in [2.24, 2.45) is 0 Å². The zero-order valence-electron chi connectivity index (χ0n) is 11.8. The SMILES string of the molecule is CCOC(=O)CCNC(=O)c1ccc(OC)c([N+](=O)[O-])c1. The van der Waals surface area contributed by atoms with E-state index in [0.29, 0.717) is 0 Å². The lowest BCUT2D eigenvalue weighted by Crippen LogP contribution is -2.26. The molecule has 1 N–H and O–H groups in total. The fraction of sp³-hybridized carbons (Fsp3) is 0.385. The first-order chi connectivity index (χ1) is 9.99. The number of hydrogen-bond donors (Lipinski definition) is 1. The largest absolute Gasteiger partial charge is 0.490 e. The van der Waals surface area contributed by atoms with E-state index in [2.05, 4.69) is 5.32 Å². The highest BCUT2D eigenvalue weighted by molar-refractivity contribution is 5.95. The van der Waals surface area contributed by atoms with Gasteiger partial charge in [-0.15, -0.1) is 0 Å². The molecule has 0 radical (unpaired) electrons. The number of methoxy groups -OCH3 is 1. The van der Waals surface area contributed by atoms with E-state index in [-0.39, 0.29) is 36.6 Å². The van der Waals surface area contributed by atoms with Crippen LogP contribution in [0.2, 0.25) is 0 Å². The van der Waals surface area contributed by atoms with Gasteiger partial charge in [-0.25, -0.2) is 0 Å². The summed E-state index contributed by atoms with van der Waals surface area (Å²) in [6.07, 6.45) is 0.0395. The summed E-state index contributed by atoms with van der Waals surface area (Å²) in [6, 6.07) is 3.88. The molecule has 0 aromatic heterocycles. The molecule has 1 aromatic rings. The molecule has 0 saturated heterocycles. The first kappa shape index (κ1) is 16.4. The molecule has 1 amide bonds. The van der Waals surface area contributed by atoms with E-state index in [4.69, 9.17) is 9.47 Å². The van der Waals surface area contributed by atoms with Crippen LogP contribution in [-0.4, -0.2) is 37.1 Å². The van der Waals surface area contributed by atoms with E-state index >= 15 is 0 Å². The standard InChI is InChI=1S/C13H16N2O6/c1-3-21-12(16)6-7-14-13(17)9-4-5-11(20-2)10(8-9)15(18)19/h4-5,8H,3,6-7H2,1-2H3,(H,14,17). The van der Waals surface area contributed by atoms with Crippen LogP contribution in [0.3, 0.4) is 0 Å². The molecule has 0 aliphatic rings. The first-order valence-corrected chi connectivity index (χ1v) is 6.25. The number of nitro benzene ring substituents is 1. The second-order valence-corrected chi connectivity index (χ2v) is 3.95. The van der Waals surface area contributed by atoms with Gasteiger partial charge in [0.15, 0.2) is 5.75 Å². The summed E-state index contributed by atoms with van der Waals surface area (Å²) in [5.41, 5.74) is -0.179. The monoisotopic (exact) mass is 296 g/mol. The molecule has 21 heavy (non-hydrogen) atoms. The van der Waals surface area contributed by atoms with Crippen LogP contribution in [0.4, 0.5) is 5.69 Å². The second kappa shape index (κ2) is 7.83. The highest BCUT2D eigenvalue weighted by atomic mass is 16.6. The smallest absolute Gasteiger partial charge is 0.311 e. The molecule has 0 heterocycles. The minimum atomic E-state index is -0.631. The van der Waals surface area contributed by atoms with Gasteiger partial charge in [-0.3, -0.25) is 19.7 Å². The quantitative estimate of drug-likeness (QED) is 0.461. The van der Waals surface area contributed by atoms with Crippen molar-refractivity contribution < 1.29 is 24.0 Å². The van der Waals surface area contributed by atoms with Gasteiger partial charge < -0.3 is 14.8 Å². The Balaban J connectivity index is 2.68. The number of nitrogens with zero attached hydrogens (tertiary/aromatic N) is 1. The third kappa shape index (κ3) is 4.75. The molecule has 8 nitrogen and oxygen atoms in total. The number of nitrogens with one attached hydrogen (secondary N) is 1. The van der Waals surface area contributed by atoms with Gasteiger partial charge in [0, 0.05) is 18.2 Å². The molecule has 0 fully saturated rings. The number of amides is 1. The molecule has 1 rings (SSSR count). The maximum absolute atomic E-state index is 11.8. The normalized spacial score (nSPS) is 9.81. The summed E-state index contributed by atoms with van der Waals surface area (Å²) in [4.78, 5) is 33.2. The van der Waals surface area contributed by atoms with Gasteiger partial charge in [-0.1, -0.05) is 0 Å². The van der Waals surface area contributed by atoms with Gasteiger partial charge in [-0.2, -0.15) is 0 Å². The van der Waals surface area contributed by atoms with Crippen molar-refractivity contribution in [1.29, 1.82) is 0 Å². The van der Waals surface area contributed by atoms with Crippen molar-refractivity contribution in [3.05, 3.63) is 33.9 Å². The predicted molar refractivity (Wildman–Crippen MR) is 73.2 cm³/mol. The van der Waals surface area contributed by atoms with Gasteiger partial charge in [-0.05, 0) is 19.1 Å². The second-order valence-electron chi connectivity index (χ2n) is 3.95. The summed E-state index contributed by atoms with van der Waals surface area (Å²) in [5, 5.41) is 13.4. The Hall–Kier alpha value is -2.64. The number of benzene rings is 1. The van der Waals surface area contributed by atoms with Crippen molar-refractivity contribution in [1.82, 2.24) is 5.32 Å². The zero-order chi connectivity index (χ0) is 15.8. The van der Waals surface area contributed by atoms with Crippen LogP contribution < -0.4 is 10.1 Å². The maximum atomic E-state index is 11.8. The highest BCUT2D eigenvalue weighted by Gasteiger charge is 2.18. The Kier molecular flexibility index (Phi) is 6.12. The van der Waals surface area contributed by atoms with E-state index in [1.165, 1.54) is 19.2 Å². The number of rotatable bonds is 7. The van der Waals surface area contributed by atoms with Crippen LogP contribution in [0.1, 0.15) is 23.7 Å². The van der Waals surface area contributed by atoms with E-state index in [0.717, 1.165) is 6.07 Å². The molecule has 8 heteroatoms. The Bertz CT molecular complexity index is 543. The fourth-order valence-corrected chi connectivity index (χ4v) is 1.59. The summed E-state index contributed by atoms with van der Waals surface area (Å²) >= 11 is 0. The predicted octanol–water partition coefficient (Wildman–Crippen LogP) is 1.29. The molecule has 0 unspecified atom stereocenters. The third-order valence-electron chi connectivity index (χ3n) is 2.56. The van der Waals surface area contributed by atoms with E-state index < -0.39 is 16.8 Å². The van der Waals surface area contributed by atoms with Crippen LogP contribution >= 0.6 is 0 Å². The number of carbonyl (C=O) groups is 2.